The van der Waals surface area contributed by atoms with Gasteiger partial charge in [0.05, 0.1) is 5.92 Å². The Morgan fingerprint density at radius 2 is 1.93 bits per heavy atom. The van der Waals surface area contributed by atoms with Gasteiger partial charge in [0.25, 0.3) is 0 Å². The summed E-state index contributed by atoms with van der Waals surface area (Å²) in [5.41, 5.74) is 0. The Kier molecular flexibility index (Phi) is 8.96. The molecule has 0 amide bonds. The molecule has 0 fully saturated rings. The SMILES string of the molecule is CCCCCC#CCC(CCC)C(=O)O. The van der Waals surface area contributed by atoms with Crippen LogP contribution in [0.4, 0.5) is 0 Å². The molecule has 0 saturated carbocycles. The highest BCUT2D eigenvalue weighted by atomic mass is 16.4. The van der Waals surface area contributed by atoms with Gasteiger partial charge in [-0.1, -0.05) is 33.1 Å². The normalized spacial score (nSPS) is 11.6. The molecule has 0 rings (SSSR count). The van der Waals surface area contributed by atoms with Crippen molar-refractivity contribution in [1.29, 1.82) is 0 Å². The third-order valence-electron chi connectivity index (χ3n) is 2.37. The van der Waals surface area contributed by atoms with Crippen LogP contribution in [0.1, 0.15) is 58.8 Å². The van der Waals surface area contributed by atoms with Crippen molar-refractivity contribution in [2.24, 2.45) is 5.92 Å². The Balaban J connectivity index is 3.72. The third kappa shape index (κ3) is 8.05. The first-order valence-electron chi connectivity index (χ1n) is 5.90. The number of hydrogen-bond acceptors (Lipinski definition) is 1. The van der Waals surface area contributed by atoms with E-state index in [0.29, 0.717) is 6.42 Å². The molecule has 86 valence electrons. The van der Waals surface area contributed by atoms with E-state index in [4.69, 9.17) is 5.11 Å². The molecule has 0 bridgehead atoms. The molecule has 0 radical (unpaired) electrons. The molecule has 1 atom stereocenters. The standard InChI is InChI=1S/C13H22O2/c1-3-5-6-7-8-9-11-12(10-4-2)13(14)15/h12H,3-7,10-11H2,1-2H3,(H,14,15). The second-order valence-electron chi connectivity index (χ2n) is 3.84. The molecule has 2 heteroatoms. The summed E-state index contributed by atoms with van der Waals surface area (Å²) in [7, 11) is 0. The largest absolute Gasteiger partial charge is 0.481 e. The van der Waals surface area contributed by atoms with Crippen LogP contribution in [0.2, 0.25) is 0 Å². The first kappa shape index (κ1) is 14.0. The summed E-state index contributed by atoms with van der Waals surface area (Å²) in [6.45, 7) is 4.17. The van der Waals surface area contributed by atoms with Crippen molar-refractivity contribution in [2.75, 3.05) is 0 Å². The predicted octanol–water partition coefficient (Wildman–Crippen LogP) is 3.46. The minimum atomic E-state index is -0.709. The lowest BCUT2D eigenvalue weighted by Gasteiger charge is -2.05. The zero-order valence-corrected chi connectivity index (χ0v) is 9.88. The van der Waals surface area contributed by atoms with Crippen LogP contribution < -0.4 is 0 Å². The lowest BCUT2D eigenvalue weighted by Crippen LogP contribution is -2.12. The van der Waals surface area contributed by atoms with Crippen LogP contribution in [-0.2, 0) is 4.79 Å². The van der Waals surface area contributed by atoms with Gasteiger partial charge in [-0.3, -0.25) is 4.79 Å². The van der Waals surface area contributed by atoms with Crippen molar-refractivity contribution in [3.63, 3.8) is 0 Å². The van der Waals surface area contributed by atoms with Gasteiger partial charge in [-0.2, -0.15) is 0 Å². The lowest BCUT2D eigenvalue weighted by atomic mass is 10.0. The monoisotopic (exact) mass is 210 g/mol. The molecule has 0 aromatic rings. The zero-order valence-electron chi connectivity index (χ0n) is 9.88. The zero-order chi connectivity index (χ0) is 11.5. The fourth-order valence-electron chi connectivity index (χ4n) is 1.41. The third-order valence-corrected chi connectivity index (χ3v) is 2.37. The van der Waals surface area contributed by atoms with Crippen LogP contribution >= 0.6 is 0 Å². The summed E-state index contributed by atoms with van der Waals surface area (Å²) >= 11 is 0. The highest BCUT2D eigenvalue weighted by Gasteiger charge is 2.13. The van der Waals surface area contributed by atoms with Crippen LogP contribution in [0.25, 0.3) is 0 Å². The van der Waals surface area contributed by atoms with E-state index in [1.165, 1.54) is 12.8 Å². The van der Waals surface area contributed by atoms with E-state index >= 15 is 0 Å². The van der Waals surface area contributed by atoms with Gasteiger partial charge < -0.3 is 5.11 Å². The molecule has 0 spiro atoms. The Morgan fingerprint density at radius 1 is 1.20 bits per heavy atom. The summed E-state index contributed by atoms with van der Waals surface area (Å²) in [6.07, 6.45) is 6.62. The minimum absolute atomic E-state index is 0.270. The van der Waals surface area contributed by atoms with Gasteiger partial charge in [0, 0.05) is 12.8 Å². The fraction of sp³-hybridized carbons (Fsp3) is 0.769. The van der Waals surface area contributed by atoms with E-state index in [9.17, 15) is 4.79 Å². The van der Waals surface area contributed by atoms with Crippen molar-refractivity contribution >= 4 is 5.97 Å². The summed E-state index contributed by atoms with van der Waals surface area (Å²) in [4.78, 5) is 10.8. The second-order valence-corrected chi connectivity index (χ2v) is 3.84. The Hall–Kier alpha value is -0.970. The average Bonchev–Trinajstić information content (AvgIpc) is 2.21. The number of unbranched alkanes of at least 4 members (excludes halogenated alkanes) is 3. The van der Waals surface area contributed by atoms with E-state index in [2.05, 4.69) is 18.8 Å². The predicted molar refractivity (Wildman–Crippen MR) is 62.6 cm³/mol. The van der Waals surface area contributed by atoms with Crippen molar-refractivity contribution in [1.82, 2.24) is 0 Å². The molecule has 0 aromatic carbocycles. The molecular weight excluding hydrogens is 188 g/mol. The van der Waals surface area contributed by atoms with Gasteiger partial charge in [-0.15, -0.1) is 11.8 Å². The first-order valence-corrected chi connectivity index (χ1v) is 5.90. The topological polar surface area (TPSA) is 37.3 Å². The van der Waals surface area contributed by atoms with Crippen LogP contribution in [0, 0.1) is 17.8 Å². The molecule has 0 aliphatic rings. The maximum Gasteiger partial charge on any atom is 0.307 e. The number of carbonyl (C=O) groups is 1. The average molecular weight is 210 g/mol. The van der Waals surface area contributed by atoms with E-state index in [-0.39, 0.29) is 5.92 Å². The minimum Gasteiger partial charge on any atom is -0.481 e. The fourth-order valence-corrected chi connectivity index (χ4v) is 1.41. The van der Waals surface area contributed by atoms with Gasteiger partial charge in [0.15, 0.2) is 0 Å². The molecule has 0 heterocycles. The summed E-state index contributed by atoms with van der Waals surface area (Å²) in [5, 5.41) is 8.88. The first-order chi connectivity index (χ1) is 7.22. The molecular formula is C13H22O2. The molecule has 0 aromatic heterocycles. The van der Waals surface area contributed by atoms with Gasteiger partial charge >= 0.3 is 5.97 Å². The summed E-state index contributed by atoms with van der Waals surface area (Å²) < 4.78 is 0. The number of aliphatic carboxylic acids is 1. The highest BCUT2D eigenvalue weighted by molar-refractivity contribution is 5.70. The molecule has 1 N–H and O–H groups in total. The molecule has 15 heavy (non-hydrogen) atoms. The maximum atomic E-state index is 10.8. The molecule has 0 aliphatic heterocycles. The Labute approximate surface area is 93.1 Å². The number of rotatable bonds is 7. The Bertz CT molecular complexity index is 222. The van der Waals surface area contributed by atoms with Crippen molar-refractivity contribution in [3.05, 3.63) is 0 Å². The van der Waals surface area contributed by atoms with Gasteiger partial charge in [-0.05, 0) is 12.8 Å². The smallest absolute Gasteiger partial charge is 0.307 e. The van der Waals surface area contributed by atoms with Gasteiger partial charge in [0.2, 0.25) is 0 Å². The van der Waals surface area contributed by atoms with Crippen molar-refractivity contribution < 1.29 is 9.90 Å². The van der Waals surface area contributed by atoms with Crippen LogP contribution in [-0.4, -0.2) is 11.1 Å². The molecule has 1 unspecified atom stereocenters. The quantitative estimate of drug-likeness (QED) is 0.516. The molecule has 2 nitrogen and oxygen atoms in total. The van der Waals surface area contributed by atoms with Gasteiger partial charge in [-0.25, -0.2) is 0 Å². The van der Waals surface area contributed by atoms with Crippen molar-refractivity contribution in [3.8, 4) is 11.8 Å². The number of carboxylic acids is 1. The summed E-state index contributed by atoms with van der Waals surface area (Å²) in [6, 6.07) is 0. The van der Waals surface area contributed by atoms with Crippen LogP contribution in [0.5, 0.6) is 0 Å². The molecule has 0 saturated heterocycles. The van der Waals surface area contributed by atoms with E-state index in [0.717, 1.165) is 25.7 Å². The second kappa shape index (κ2) is 9.58. The lowest BCUT2D eigenvalue weighted by molar-refractivity contribution is -0.141. The maximum absolute atomic E-state index is 10.8. The number of hydrogen-bond donors (Lipinski definition) is 1. The van der Waals surface area contributed by atoms with E-state index in [1.54, 1.807) is 0 Å². The number of carboxylic acid groups (broad SMARTS) is 1. The Morgan fingerprint density at radius 3 is 2.47 bits per heavy atom. The van der Waals surface area contributed by atoms with Crippen LogP contribution in [0.15, 0.2) is 0 Å². The molecule has 0 aliphatic carbocycles. The van der Waals surface area contributed by atoms with Gasteiger partial charge in [0.1, 0.15) is 0 Å². The van der Waals surface area contributed by atoms with Crippen LogP contribution in [0.3, 0.4) is 0 Å². The van der Waals surface area contributed by atoms with E-state index < -0.39 is 5.97 Å². The van der Waals surface area contributed by atoms with E-state index in [1.807, 2.05) is 6.92 Å². The highest BCUT2D eigenvalue weighted by Crippen LogP contribution is 2.10. The van der Waals surface area contributed by atoms with Crippen molar-refractivity contribution in [2.45, 2.75) is 58.8 Å². The summed E-state index contributed by atoms with van der Waals surface area (Å²) in [5.74, 6) is 5.05.